The second-order valence-corrected chi connectivity index (χ2v) is 1.78. The molecule has 0 spiro atoms. The third-order valence-corrected chi connectivity index (χ3v) is 1.08. The zero-order valence-corrected chi connectivity index (χ0v) is 6.64. The van der Waals surface area contributed by atoms with E-state index in [2.05, 4.69) is 15.0 Å². The number of nitrogens with zero attached hydrogens (tertiary/aromatic N) is 3. The van der Waals surface area contributed by atoms with E-state index in [1.54, 1.807) is 0 Å². The summed E-state index contributed by atoms with van der Waals surface area (Å²) in [6.07, 6.45) is 0.493. The molecule has 1 heterocycles. The molecule has 0 aliphatic rings. The number of aldehydes is 1. The maximum Gasteiger partial charge on any atom is 0.322 e. The number of rotatable bonds is 3. The largest absolute Gasteiger partial charge is 0.467 e. The monoisotopic (exact) mass is 169 g/mol. The molecular formula is C6H7N3O3. The van der Waals surface area contributed by atoms with E-state index in [0.717, 1.165) is 0 Å². The molecule has 6 heteroatoms. The van der Waals surface area contributed by atoms with Gasteiger partial charge in [-0.25, -0.2) is 0 Å². The lowest BCUT2D eigenvalue weighted by atomic mass is 10.7. The molecule has 0 saturated carbocycles. The average Bonchev–Trinajstić information content (AvgIpc) is 2.16. The Balaban J connectivity index is 3.09. The van der Waals surface area contributed by atoms with Gasteiger partial charge in [0.2, 0.25) is 5.82 Å². The Morgan fingerprint density at radius 2 is 1.58 bits per heavy atom. The molecule has 0 fully saturated rings. The van der Waals surface area contributed by atoms with Crippen LogP contribution in [0, 0.1) is 0 Å². The summed E-state index contributed by atoms with van der Waals surface area (Å²) < 4.78 is 9.40. The minimum absolute atomic E-state index is 0.0151. The maximum atomic E-state index is 10.3. The standard InChI is InChI=1S/C6H7N3O3/c1-11-5-7-4(3-10)8-6(9-5)12-2/h3H,1-2H3. The Kier molecular flexibility index (Phi) is 2.52. The van der Waals surface area contributed by atoms with Gasteiger partial charge >= 0.3 is 12.0 Å². The molecule has 12 heavy (non-hydrogen) atoms. The summed E-state index contributed by atoms with van der Waals surface area (Å²) in [6, 6.07) is 0.118. The van der Waals surface area contributed by atoms with Crippen LogP contribution in [0.5, 0.6) is 12.0 Å². The molecular weight excluding hydrogens is 162 g/mol. The van der Waals surface area contributed by atoms with Crippen LogP contribution in [-0.4, -0.2) is 35.5 Å². The molecule has 0 atom stereocenters. The van der Waals surface area contributed by atoms with E-state index >= 15 is 0 Å². The molecule has 6 nitrogen and oxygen atoms in total. The van der Waals surface area contributed by atoms with Crippen LogP contribution in [0.3, 0.4) is 0 Å². The molecule has 1 aromatic heterocycles. The first kappa shape index (κ1) is 8.38. The van der Waals surface area contributed by atoms with Crippen LogP contribution in [0.4, 0.5) is 0 Å². The molecule has 0 aliphatic heterocycles. The minimum Gasteiger partial charge on any atom is -0.467 e. The fraction of sp³-hybridized carbons (Fsp3) is 0.333. The van der Waals surface area contributed by atoms with Gasteiger partial charge in [0, 0.05) is 0 Å². The Labute approximate surface area is 68.6 Å². The number of hydrogen-bond donors (Lipinski definition) is 0. The van der Waals surface area contributed by atoms with Crippen molar-refractivity contribution in [2.75, 3.05) is 14.2 Å². The fourth-order valence-electron chi connectivity index (χ4n) is 0.588. The van der Waals surface area contributed by atoms with E-state index in [0.29, 0.717) is 6.29 Å². The lowest BCUT2D eigenvalue weighted by Gasteiger charge is -2.00. The fourth-order valence-corrected chi connectivity index (χ4v) is 0.588. The third kappa shape index (κ3) is 1.66. The molecule has 1 aromatic rings. The van der Waals surface area contributed by atoms with E-state index in [1.165, 1.54) is 14.2 Å². The number of methoxy groups -OCH3 is 2. The van der Waals surface area contributed by atoms with Crippen LogP contribution < -0.4 is 9.47 Å². The Morgan fingerprint density at radius 1 is 1.08 bits per heavy atom. The van der Waals surface area contributed by atoms with Crippen molar-refractivity contribution in [3.8, 4) is 12.0 Å². The van der Waals surface area contributed by atoms with E-state index < -0.39 is 0 Å². The highest BCUT2D eigenvalue weighted by Crippen LogP contribution is 2.06. The predicted molar refractivity (Wildman–Crippen MR) is 38.3 cm³/mol. The molecule has 0 radical (unpaired) electrons. The molecule has 0 amide bonds. The van der Waals surface area contributed by atoms with Crippen molar-refractivity contribution in [1.82, 2.24) is 15.0 Å². The van der Waals surface area contributed by atoms with Gasteiger partial charge in [-0.2, -0.15) is 9.97 Å². The van der Waals surface area contributed by atoms with Crippen LogP contribution in [0.25, 0.3) is 0 Å². The highest BCUT2D eigenvalue weighted by molar-refractivity contribution is 5.68. The SMILES string of the molecule is COc1nc(C=O)nc(OC)n1. The zero-order chi connectivity index (χ0) is 8.97. The van der Waals surface area contributed by atoms with Crippen molar-refractivity contribution in [2.45, 2.75) is 0 Å². The maximum absolute atomic E-state index is 10.3. The highest BCUT2D eigenvalue weighted by Gasteiger charge is 2.04. The molecule has 0 unspecified atom stereocenters. The van der Waals surface area contributed by atoms with E-state index in [4.69, 9.17) is 9.47 Å². The van der Waals surface area contributed by atoms with Gasteiger partial charge in [0.15, 0.2) is 6.29 Å². The molecule has 64 valence electrons. The van der Waals surface area contributed by atoms with Crippen molar-refractivity contribution in [3.63, 3.8) is 0 Å². The summed E-state index contributed by atoms with van der Waals surface area (Å²) in [4.78, 5) is 21.2. The van der Waals surface area contributed by atoms with Gasteiger partial charge in [-0.1, -0.05) is 0 Å². The molecule has 0 aliphatic carbocycles. The summed E-state index contributed by atoms with van der Waals surface area (Å²) in [5.41, 5.74) is 0. The average molecular weight is 169 g/mol. The Hall–Kier alpha value is -1.72. The molecule has 0 N–H and O–H groups in total. The van der Waals surface area contributed by atoms with Gasteiger partial charge < -0.3 is 9.47 Å². The summed E-state index contributed by atoms with van der Waals surface area (Å²) in [5, 5.41) is 0. The van der Waals surface area contributed by atoms with Crippen molar-refractivity contribution in [2.24, 2.45) is 0 Å². The van der Waals surface area contributed by atoms with Gasteiger partial charge in [-0.05, 0) is 0 Å². The first-order chi connectivity index (χ1) is 5.80. The summed E-state index contributed by atoms with van der Waals surface area (Å²) in [5.74, 6) is -0.0151. The van der Waals surface area contributed by atoms with Crippen LogP contribution >= 0.6 is 0 Å². The number of carbonyl (C=O) groups is 1. The highest BCUT2D eigenvalue weighted by atomic mass is 16.5. The predicted octanol–water partition coefficient (Wildman–Crippen LogP) is -0.299. The molecule has 1 rings (SSSR count). The second-order valence-electron chi connectivity index (χ2n) is 1.78. The van der Waals surface area contributed by atoms with Crippen molar-refractivity contribution in [1.29, 1.82) is 0 Å². The van der Waals surface area contributed by atoms with Crippen molar-refractivity contribution < 1.29 is 14.3 Å². The number of aromatic nitrogens is 3. The lowest BCUT2D eigenvalue weighted by Crippen LogP contribution is -2.02. The van der Waals surface area contributed by atoms with E-state index in [9.17, 15) is 4.79 Å². The van der Waals surface area contributed by atoms with Gasteiger partial charge in [-0.3, -0.25) is 4.79 Å². The topological polar surface area (TPSA) is 74.2 Å². The number of hydrogen-bond acceptors (Lipinski definition) is 6. The van der Waals surface area contributed by atoms with Gasteiger partial charge in [0.1, 0.15) is 0 Å². The molecule has 0 aromatic carbocycles. The van der Waals surface area contributed by atoms with Crippen molar-refractivity contribution >= 4 is 6.29 Å². The summed E-state index contributed by atoms with van der Waals surface area (Å²) in [7, 11) is 2.78. The van der Waals surface area contributed by atoms with Crippen molar-refractivity contribution in [3.05, 3.63) is 5.82 Å². The smallest absolute Gasteiger partial charge is 0.322 e. The van der Waals surface area contributed by atoms with Crippen LogP contribution in [0.1, 0.15) is 10.6 Å². The van der Waals surface area contributed by atoms with Crippen LogP contribution in [0.2, 0.25) is 0 Å². The molecule has 0 saturated heterocycles. The third-order valence-electron chi connectivity index (χ3n) is 1.08. The molecule has 0 bridgehead atoms. The number of carbonyl (C=O) groups excluding carboxylic acids is 1. The van der Waals surface area contributed by atoms with Gasteiger partial charge in [0.25, 0.3) is 0 Å². The lowest BCUT2D eigenvalue weighted by molar-refractivity contribution is 0.111. The van der Waals surface area contributed by atoms with Crippen LogP contribution in [-0.2, 0) is 0 Å². The van der Waals surface area contributed by atoms with E-state index in [-0.39, 0.29) is 17.8 Å². The first-order valence-electron chi connectivity index (χ1n) is 3.09. The van der Waals surface area contributed by atoms with Gasteiger partial charge in [0.05, 0.1) is 14.2 Å². The Morgan fingerprint density at radius 3 is 1.92 bits per heavy atom. The normalized spacial score (nSPS) is 9.17. The van der Waals surface area contributed by atoms with Gasteiger partial charge in [-0.15, -0.1) is 4.98 Å². The van der Waals surface area contributed by atoms with Crippen LogP contribution in [0.15, 0.2) is 0 Å². The summed E-state index contributed by atoms with van der Waals surface area (Å²) in [6.45, 7) is 0. The first-order valence-corrected chi connectivity index (χ1v) is 3.09. The second kappa shape index (κ2) is 3.61. The Bertz CT molecular complexity index is 267. The quantitative estimate of drug-likeness (QED) is 0.578. The minimum atomic E-state index is -0.0151. The van der Waals surface area contributed by atoms with E-state index in [1.807, 2.05) is 0 Å². The number of ether oxygens (including phenoxy) is 2. The summed E-state index contributed by atoms with van der Waals surface area (Å²) >= 11 is 0. The zero-order valence-electron chi connectivity index (χ0n) is 6.64.